The van der Waals surface area contributed by atoms with E-state index >= 15 is 0 Å². The summed E-state index contributed by atoms with van der Waals surface area (Å²) in [7, 11) is 0. The van der Waals surface area contributed by atoms with Gasteiger partial charge in [-0.2, -0.15) is 0 Å². The highest BCUT2D eigenvalue weighted by atomic mass is 16.1. The molecule has 0 saturated carbocycles. The molecule has 0 heterocycles. The van der Waals surface area contributed by atoms with Crippen LogP contribution in [0.25, 0.3) is 6.08 Å². The van der Waals surface area contributed by atoms with Crippen molar-refractivity contribution >= 4 is 17.6 Å². The molecule has 39 heavy (non-hydrogen) atoms. The number of allylic oxidation sites excluding steroid dienone is 1. The highest BCUT2D eigenvalue weighted by molar-refractivity contribution is 6.10. The predicted octanol–water partition coefficient (Wildman–Crippen LogP) is 10.3. The summed E-state index contributed by atoms with van der Waals surface area (Å²) >= 11 is 0. The first-order valence-corrected chi connectivity index (χ1v) is 14.9. The first-order chi connectivity index (χ1) is 19.0. The Morgan fingerprint density at radius 3 is 1.87 bits per heavy atom. The molecule has 2 unspecified atom stereocenters. The van der Waals surface area contributed by atoms with Gasteiger partial charge in [-0.1, -0.05) is 144 Å². The third-order valence-corrected chi connectivity index (χ3v) is 8.11. The fourth-order valence-corrected chi connectivity index (χ4v) is 5.82. The van der Waals surface area contributed by atoms with Crippen LogP contribution in [0.2, 0.25) is 0 Å². The van der Waals surface area contributed by atoms with Gasteiger partial charge in [0.25, 0.3) is 0 Å². The average molecular weight is 523 g/mol. The molecule has 0 aliphatic heterocycles. The lowest BCUT2D eigenvalue weighted by Gasteiger charge is -2.23. The minimum atomic E-state index is -0.0981. The van der Waals surface area contributed by atoms with E-state index in [9.17, 15) is 9.59 Å². The van der Waals surface area contributed by atoms with Crippen molar-refractivity contribution in [3.63, 3.8) is 0 Å². The van der Waals surface area contributed by atoms with Crippen molar-refractivity contribution < 1.29 is 9.59 Å². The van der Waals surface area contributed by atoms with Crippen molar-refractivity contribution in [2.24, 2.45) is 11.8 Å². The molecule has 0 radical (unpaired) electrons. The lowest BCUT2D eigenvalue weighted by molar-refractivity contribution is 0.0869. The Morgan fingerprint density at radius 1 is 0.744 bits per heavy atom. The first-order valence-electron chi connectivity index (χ1n) is 14.9. The van der Waals surface area contributed by atoms with Gasteiger partial charge in [0.05, 0.1) is 0 Å². The van der Waals surface area contributed by atoms with Gasteiger partial charge in [0.1, 0.15) is 0 Å². The zero-order valence-corrected chi connectivity index (χ0v) is 24.4. The van der Waals surface area contributed by atoms with Gasteiger partial charge in [0.15, 0.2) is 11.6 Å². The molecule has 206 valence electrons. The van der Waals surface area contributed by atoms with Crippen LogP contribution < -0.4 is 0 Å². The van der Waals surface area contributed by atoms with E-state index in [2.05, 4.69) is 81.4 Å². The maximum atomic E-state index is 13.6. The zero-order valence-electron chi connectivity index (χ0n) is 24.4. The van der Waals surface area contributed by atoms with Crippen molar-refractivity contribution in [2.45, 2.75) is 85.0 Å². The molecule has 0 bridgehead atoms. The van der Waals surface area contributed by atoms with E-state index in [-0.39, 0.29) is 17.5 Å². The van der Waals surface area contributed by atoms with E-state index in [4.69, 9.17) is 0 Å². The fourth-order valence-electron chi connectivity index (χ4n) is 5.82. The van der Waals surface area contributed by atoms with E-state index in [1.165, 1.54) is 30.4 Å². The maximum absolute atomic E-state index is 13.6. The molecular weight excluding hydrogens is 476 g/mol. The number of unbranched alkanes of at least 4 members (excludes halogenated alkanes) is 3. The number of Topliss-reactive ketones (excluding diaryl/α,β-unsaturated/α-hetero) is 2. The molecule has 2 heteroatoms. The predicted molar refractivity (Wildman–Crippen MR) is 165 cm³/mol. The van der Waals surface area contributed by atoms with Crippen molar-refractivity contribution in [1.29, 1.82) is 0 Å². The quantitative estimate of drug-likeness (QED) is 0.138. The smallest absolute Gasteiger partial charge is 0.166 e. The molecule has 0 aliphatic carbocycles. The summed E-state index contributed by atoms with van der Waals surface area (Å²) < 4.78 is 0. The van der Waals surface area contributed by atoms with Gasteiger partial charge in [-0.25, -0.2) is 0 Å². The van der Waals surface area contributed by atoms with Gasteiger partial charge in [-0.3, -0.25) is 9.59 Å². The second kappa shape index (κ2) is 16.0. The Hall–Kier alpha value is -3.26. The summed E-state index contributed by atoms with van der Waals surface area (Å²) in [5, 5.41) is 0. The molecule has 0 fully saturated rings. The summed E-state index contributed by atoms with van der Waals surface area (Å²) in [6.07, 6.45) is 12.8. The molecule has 3 aromatic carbocycles. The second-order valence-corrected chi connectivity index (χ2v) is 10.8. The van der Waals surface area contributed by atoms with E-state index in [1.54, 1.807) is 6.92 Å². The molecule has 2 atom stereocenters. The molecule has 2 nitrogen and oxygen atoms in total. The van der Waals surface area contributed by atoms with Crippen molar-refractivity contribution in [3.8, 4) is 0 Å². The third kappa shape index (κ3) is 8.62. The molecule has 3 aromatic rings. The highest BCUT2D eigenvalue weighted by Gasteiger charge is 2.27. The van der Waals surface area contributed by atoms with Crippen LogP contribution in [0.1, 0.15) is 122 Å². The lowest BCUT2D eigenvalue weighted by atomic mass is 9.80. The van der Waals surface area contributed by atoms with Crippen molar-refractivity contribution in [1.82, 2.24) is 0 Å². The van der Waals surface area contributed by atoms with Crippen molar-refractivity contribution in [2.75, 3.05) is 0 Å². The summed E-state index contributed by atoms with van der Waals surface area (Å²) in [6, 6.07) is 27.4. The van der Waals surface area contributed by atoms with Crippen LogP contribution in [0.3, 0.4) is 0 Å². The monoisotopic (exact) mass is 522 g/mol. The first kappa shape index (κ1) is 30.3. The van der Waals surface area contributed by atoms with Crippen LogP contribution in [-0.4, -0.2) is 11.6 Å². The number of benzene rings is 3. The summed E-state index contributed by atoms with van der Waals surface area (Å²) in [5.41, 5.74) is 4.78. The van der Waals surface area contributed by atoms with Gasteiger partial charge in [0.2, 0.25) is 0 Å². The number of carbonyl (C=O) groups is 2. The highest BCUT2D eigenvalue weighted by Crippen LogP contribution is 2.31. The van der Waals surface area contributed by atoms with E-state index in [1.807, 2.05) is 30.4 Å². The van der Waals surface area contributed by atoms with Crippen LogP contribution in [0.4, 0.5) is 0 Å². The Balaban J connectivity index is 1.55. The fraction of sp³-hybridized carbons (Fsp3) is 0.405. The maximum Gasteiger partial charge on any atom is 0.166 e. The van der Waals surface area contributed by atoms with E-state index in [0.717, 1.165) is 37.7 Å². The third-order valence-electron chi connectivity index (χ3n) is 8.11. The number of hydrogen-bond acceptors (Lipinski definition) is 2. The van der Waals surface area contributed by atoms with Crippen LogP contribution in [0.5, 0.6) is 0 Å². The molecule has 3 rings (SSSR count). The Labute approximate surface area is 236 Å². The minimum absolute atomic E-state index is 0.0424. The van der Waals surface area contributed by atoms with Crippen LogP contribution in [0.15, 0.2) is 84.9 Å². The lowest BCUT2D eigenvalue weighted by Crippen LogP contribution is -2.23. The van der Waals surface area contributed by atoms with Crippen LogP contribution >= 0.6 is 0 Å². The normalized spacial score (nSPS) is 13.1. The van der Waals surface area contributed by atoms with E-state index < -0.39 is 0 Å². The summed E-state index contributed by atoms with van der Waals surface area (Å²) in [6.45, 7) is 7.87. The number of hydrogen-bond donors (Lipinski definition) is 0. The molecule has 0 saturated heterocycles. The van der Waals surface area contributed by atoms with Gasteiger partial charge in [-0.05, 0) is 48.8 Å². The van der Waals surface area contributed by atoms with Gasteiger partial charge < -0.3 is 0 Å². The number of ketones is 2. The number of rotatable bonds is 16. The average Bonchev–Trinajstić information content (AvgIpc) is 2.97. The Bertz CT molecular complexity index is 1150. The second-order valence-electron chi connectivity index (χ2n) is 10.8. The minimum Gasteiger partial charge on any atom is -0.294 e. The Morgan fingerprint density at radius 2 is 1.33 bits per heavy atom. The molecular formula is C37H46O2. The molecule has 0 aromatic heterocycles. The topological polar surface area (TPSA) is 34.1 Å². The van der Waals surface area contributed by atoms with Gasteiger partial charge in [-0.15, -0.1) is 0 Å². The van der Waals surface area contributed by atoms with Gasteiger partial charge in [0, 0.05) is 23.0 Å². The number of carbonyl (C=O) groups excluding carboxylic acids is 2. The molecule has 0 spiro atoms. The van der Waals surface area contributed by atoms with E-state index in [0.29, 0.717) is 23.0 Å². The SMILES string of the molecule is CC/C=C\c1cccc(C(=O)C(C)C(CC)CCCCCCC(c2ccccc2)c2ccccc2)c1C(C)=O. The summed E-state index contributed by atoms with van der Waals surface area (Å²) in [5.74, 6) is 0.728. The largest absolute Gasteiger partial charge is 0.294 e. The molecule has 0 aliphatic rings. The molecule has 0 N–H and O–H groups in total. The van der Waals surface area contributed by atoms with Crippen LogP contribution in [-0.2, 0) is 0 Å². The molecule has 0 amide bonds. The van der Waals surface area contributed by atoms with Gasteiger partial charge >= 0.3 is 0 Å². The van der Waals surface area contributed by atoms with Crippen molar-refractivity contribution in [3.05, 3.63) is 113 Å². The Kier molecular flexibility index (Phi) is 12.4. The van der Waals surface area contributed by atoms with Crippen LogP contribution in [0, 0.1) is 11.8 Å². The summed E-state index contributed by atoms with van der Waals surface area (Å²) in [4.78, 5) is 26.1. The standard InChI is InChI=1S/C37H46O2/c1-5-7-19-33-25-18-27-35(36(33)29(4)38)37(39)28(3)30(6-2)20-12-8-9-17-26-34(31-21-13-10-14-22-31)32-23-15-11-16-24-32/h7,10-11,13-16,18-19,21-25,27-28,30,34H,5-6,8-9,12,17,20,26H2,1-4H3/b19-7-. The zero-order chi connectivity index (χ0) is 28.0.